The molecule has 1 aromatic carbocycles. The van der Waals surface area contributed by atoms with Crippen LogP contribution < -0.4 is 4.74 Å². The minimum absolute atomic E-state index is 0.0379. The number of amides is 1. The van der Waals surface area contributed by atoms with Gasteiger partial charge in [-0.15, -0.1) is 0 Å². The van der Waals surface area contributed by atoms with Crippen LogP contribution in [0.5, 0.6) is 5.75 Å². The third-order valence-corrected chi connectivity index (χ3v) is 4.05. The first-order valence-corrected chi connectivity index (χ1v) is 7.25. The van der Waals surface area contributed by atoms with Gasteiger partial charge in [-0.2, -0.15) is 8.75 Å². The van der Waals surface area contributed by atoms with Crippen LogP contribution >= 0.6 is 11.7 Å². The largest absolute Gasteiger partial charge is 0.497 e. The molecule has 0 radical (unpaired) electrons. The maximum Gasteiger partial charge on any atom is 0.275 e. The standard InChI is InChI=1S/C14H15N3O2S/c1-19-11-5-2-4-10(8-11)13-6-3-7-17(13)14(18)12-9-15-20-16-12/h2,4-5,8-9,13H,3,6-7H2,1H3. The van der Waals surface area contributed by atoms with E-state index in [1.165, 1.54) is 6.20 Å². The van der Waals surface area contributed by atoms with Gasteiger partial charge in [0.25, 0.3) is 5.91 Å². The normalized spacial score (nSPS) is 18.2. The van der Waals surface area contributed by atoms with Gasteiger partial charge in [0.2, 0.25) is 0 Å². The molecule has 0 spiro atoms. The number of methoxy groups -OCH3 is 1. The summed E-state index contributed by atoms with van der Waals surface area (Å²) in [6.07, 6.45) is 3.51. The van der Waals surface area contributed by atoms with Crippen LogP contribution in [0.2, 0.25) is 0 Å². The molecule has 0 N–H and O–H groups in total. The molecule has 1 amide bonds. The third-order valence-electron chi connectivity index (χ3n) is 3.57. The number of aromatic nitrogens is 2. The van der Waals surface area contributed by atoms with Gasteiger partial charge in [0.1, 0.15) is 5.75 Å². The number of benzene rings is 1. The lowest BCUT2D eigenvalue weighted by atomic mass is 10.0. The fraction of sp³-hybridized carbons (Fsp3) is 0.357. The van der Waals surface area contributed by atoms with E-state index >= 15 is 0 Å². The second kappa shape index (κ2) is 5.58. The lowest BCUT2D eigenvalue weighted by molar-refractivity contribution is 0.0730. The topological polar surface area (TPSA) is 55.3 Å². The van der Waals surface area contributed by atoms with Crippen molar-refractivity contribution < 1.29 is 9.53 Å². The van der Waals surface area contributed by atoms with E-state index in [0.717, 1.165) is 42.4 Å². The summed E-state index contributed by atoms with van der Waals surface area (Å²) in [6.45, 7) is 0.762. The molecule has 0 aliphatic carbocycles. The molecular formula is C14H15N3O2S. The molecule has 104 valence electrons. The maximum atomic E-state index is 12.4. The number of rotatable bonds is 3. The monoisotopic (exact) mass is 289 g/mol. The zero-order valence-corrected chi connectivity index (χ0v) is 12.0. The van der Waals surface area contributed by atoms with Crippen LogP contribution in [0.15, 0.2) is 30.5 Å². The van der Waals surface area contributed by atoms with E-state index in [1.54, 1.807) is 7.11 Å². The van der Waals surface area contributed by atoms with Crippen molar-refractivity contribution in [2.75, 3.05) is 13.7 Å². The van der Waals surface area contributed by atoms with Crippen molar-refractivity contribution in [2.45, 2.75) is 18.9 Å². The highest BCUT2D eigenvalue weighted by Gasteiger charge is 2.31. The Kier molecular flexibility index (Phi) is 3.64. The summed E-state index contributed by atoms with van der Waals surface area (Å²) in [5.74, 6) is 0.779. The van der Waals surface area contributed by atoms with Gasteiger partial charge in [0, 0.05) is 6.54 Å². The molecule has 1 fully saturated rings. The van der Waals surface area contributed by atoms with E-state index in [1.807, 2.05) is 29.2 Å². The molecule has 1 atom stereocenters. The number of nitrogens with zero attached hydrogens (tertiary/aromatic N) is 3. The second-order valence-electron chi connectivity index (χ2n) is 4.73. The summed E-state index contributed by atoms with van der Waals surface area (Å²) >= 11 is 1.06. The Morgan fingerprint density at radius 3 is 3.15 bits per heavy atom. The van der Waals surface area contributed by atoms with Crippen LogP contribution in [-0.4, -0.2) is 33.2 Å². The highest BCUT2D eigenvalue weighted by Crippen LogP contribution is 2.34. The first-order valence-electron chi connectivity index (χ1n) is 6.52. The summed E-state index contributed by atoms with van der Waals surface area (Å²) in [7, 11) is 1.65. The first kappa shape index (κ1) is 13.1. The molecule has 1 aliphatic heterocycles. The Labute approximate surface area is 121 Å². The third kappa shape index (κ3) is 2.38. The Balaban J connectivity index is 1.86. The van der Waals surface area contributed by atoms with Gasteiger partial charge in [-0.05, 0) is 30.5 Å². The molecule has 20 heavy (non-hydrogen) atoms. The summed E-state index contributed by atoms with van der Waals surface area (Å²) < 4.78 is 13.2. The molecule has 6 heteroatoms. The zero-order valence-electron chi connectivity index (χ0n) is 11.2. The molecule has 2 aromatic rings. The number of ether oxygens (including phenoxy) is 1. The van der Waals surface area contributed by atoms with Gasteiger partial charge in [-0.3, -0.25) is 4.79 Å². The average Bonchev–Trinajstić information content (AvgIpc) is 3.17. The van der Waals surface area contributed by atoms with Crippen molar-refractivity contribution in [3.05, 3.63) is 41.7 Å². The Bertz CT molecular complexity index is 600. The Morgan fingerprint density at radius 1 is 1.50 bits per heavy atom. The number of carbonyl (C=O) groups is 1. The molecule has 0 saturated carbocycles. The molecule has 5 nitrogen and oxygen atoms in total. The SMILES string of the molecule is COc1cccc(C2CCCN2C(=O)c2cnsn2)c1. The number of likely N-dealkylation sites (tertiary alicyclic amines) is 1. The highest BCUT2D eigenvalue weighted by atomic mass is 32.1. The summed E-state index contributed by atoms with van der Waals surface area (Å²) in [5.41, 5.74) is 1.54. The lowest BCUT2D eigenvalue weighted by Crippen LogP contribution is -2.30. The molecule has 1 saturated heterocycles. The van der Waals surface area contributed by atoms with Crippen LogP contribution in [0.3, 0.4) is 0 Å². The van der Waals surface area contributed by atoms with E-state index in [9.17, 15) is 4.79 Å². The van der Waals surface area contributed by atoms with Crippen molar-refractivity contribution in [3.8, 4) is 5.75 Å². The van der Waals surface area contributed by atoms with Crippen molar-refractivity contribution in [1.29, 1.82) is 0 Å². The van der Waals surface area contributed by atoms with Crippen LogP contribution in [0.1, 0.15) is 34.9 Å². The average molecular weight is 289 g/mol. The van der Waals surface area contributed by atoms with Gasteiger partial charge in [0.05, 0.1) is 31.1 Å². The fourth-order valence-corrected chi connectivity index (χ4v) is 3.02. The lowest BCUT2D eigenvalue weighted by Gasteiger charge is -2.24. The van der Waals surface area contributed by atoms with Gasteiger partial charge in [0.15, 0.2) is 5.69 Å². The van der Waals surface area contributed by atoms with E-state index < -0.39 is 0 Å². The second-order valence-corrected chi connectivity index (χ2v) is 5.28. The predicted octanol–water partition coefficient (Wildman–Crippen LogP) is 2.52. The van der Waals surface area contributed by atoms with E-state index in [4.69, 9.17) is 4.74 Å². The quantitative estimate of drug-likeness (QED) is 0.871. The number of carbonyl (C=O) groups excluding carboxylic acids is 1. The van der Waals surface area contributed by atoms with Crippen LogP contribution in [-0.2, 0) is 0 Å². The summed E-state index contributed by atoms with van der Waals surface area (Å²) in [5, 5.41) is 0. The molecule has 1 aromatic heterocycles. The molecule has 0 bridgehead atoms. The van der Waals surface area contributed by atoms with Crippen molar-refractivity contribution in [1.82, 2.24) is 13.6 Å². The zero-order chi connectivity index (χ0) is 13.9. The fourth-order valence-electron chi connectivity index (χ4n) is 2.61. The van der Waals surface area contributed by atoms with Crippen molar-refractivity contribution >= 4 is 17.6 Å². The van der Waals surface area contributed by atoms with Gasteiger partial charge < -0.3 is 9.64 Å². The van der Waals surface area contributed by atoms with Gasteiger partial charge >= 0.3 is 0 Å². The van der Waals surface area contributed by atoms with Gasteiger partial charge in [-0.25, -0.2) is 0 Å². The van der Waals surface area contributed by atoms with Crippen LogP contribution in [0.25, 0.3) is 0 Å². The minimum atomic E-state index is -0.0379. The van der Waals surface area contributed by atoms with Crippen LogP contribution in [0.4, 0.5) is 0 Å². The highest BCUT2D eigenvalue weighted by molar-refractivity contribution is 6.99. The molecule has 1 unspecified atom stereocenters. The predicted molar refractivity (Wildman–Crippen MR) is 75.9 cm³/mol. The van der Waals surface area contributed by atoms with Crippen molar-refractivity contribution in [3.63, 3.8) is 0 Å². The van der Waals surface area contributed by atoms with E-state index in [0.29, 0.717) is 5.69 Å². The number of hydrogen-bond acceptors (Lipinski definition) is 5. The smallest absolute Gasteiger partial charge is 0.275 e. The minimum Gasteiger partial charge on any atom is -0.497 e. The molecule has 1 aliphatic rings. The summed E-state index contributed by atoms with van der Waals surface area (Å²) in [6, 6.07) is 8.00. The Morgan fingerprint density at radius 2 is 2.40 bits per heavy atom. The molecule has 2 heterocycles. The summed E-state index contributed by atoms with van der Waals surface area (Å²) in [4.78, 5) is 14.3. The maximum absolute atomic E-state index is 12.4. The first-order chi connectivity index (χ1) is 9.79. The van der Waals surface area contributed by atoms with Gasteiger partial charge in [-0.1, -0.05) is 12.1 Å². The Hall–Kier alpha value is -1.95. The number of hydrogen-bond donors (Lipinski definition) is 0. The van der Waals surface area contributed by atoms with E-state index in [2.05, 4.69) is 8.75 Å². The molecular weight excluding hydrogens is 274 g/mol. The molecule has 3 rings (SSSR count). The van der Waals surface area contributed by atoms with Crippen LogP contribution in [0, 0.1) is 0 Å². The van der Waals surface area contributed by atoms with Crippen molar-refractivity contribution in [2.24, 2.45) is 0 Å². The van der Waals surface area contributed by atoms with E-state index in [-0.39, 0.29) is 11.9 Å².